The Balaban J connectivity index is 1.69. The van der Waals surface area contributed by atoms with E-state index in [1.54, 1.807) is 7.11 Å². The number of nitrogens with one attached hydrogen (secondary N) is 1. The van der Waals surface area contributed by atoms with Gasteiger partial charge in [0, 0.05) is 12.5 Å². The van der Waals surface area contributed by atoms with E-state index in [1.807, 2.05) is 48.5 Å². The summed E-state index contributed by atoms with van der Waals surface area (Å²) in [5.74, 6) is 1.60. The molecule has 0 saturated carbocycles. The molecule has 1 aliphatic heterocycles. The topological polar surface area (TPSA) is 47.6 Å². The van der Waals surface area contributed by atoms with Crippen molar-refractivity contribution < 1.29 is 14.3 Å². The van der Waals surface area contributed by atoms with Gasteiger partial charge in [0.15, 0.2) is 11.5 Å². The first-order valence-electron chi connectivity index (χ1n) is 7.87. The highest BCUT2D eigenvalue weighted by Crippen LogP contribution is 2.29. The van der Waals surface area contributed by atoms with Crippen LogP contribution in [0.25, 0.3) is 0 Å². The van der Waals surface area contributed by atoms with Gasteiger partial charge in [-0.3, -0.25) is 4.79 Å². The molecular formula is C19H21NO3. The summed E-state index contributed by atoms with van der Waals surface area (Å²) in [6.45, 7) is 0.501. The molecule has 1 amide bonds. The van der Waals surface area contributed by atoms with E-state index in [0.29, 0.717) is 13.0 Å². The predicted molar refractivity (Wildman–Crippen MR) is 88.6 cm³/mol. The molecule has 120 valence electrons. The molecule has 0 aromatic heterocycles. The van der Waals surface area contributed by atoms with Crippen LogP contribution in [0.15, 0.2) is 48.5 Å². The van der Waals surface area contributed by atoms with Crippen LogP contribution in [-0.4, -0.2) is 19.1 Å². The van der Waals surface area contributed by atoms with Gasteiger partial charge in [-0.1, -0.05) is 36.4 Å². The van der Waals surface area contributed by atoms with E-state index in [0.717, 1.165) is 35.5 Å². The van der Waals surface area contributed by atoms with Crippen LogP contribution < -0.4 is 14.8 Å². The maximum absolute atomic E-state index is 11.3. The van der Waals surface area contributed by atoms with Crippen molar-refractivity contribution in [2.24, 2.45) is 0 Å². The molecule has 0 spiro atoms. The second kappa shape index (κ2) is 7.18. The zero-order valence-electron chi connectivity index (χ0n) is 13.2. The summed E-state index contributed by atoms with van der Waals surface area (Å²) in [7, 11) is 1.64. The quantitative estimate of drug-likeness (QED) is 0.892. The third-order valence-corrected chi connectivity index (χ3v) is 4.03. The van der Waals surface area contributed by atoms with Gasteiger partial charge in [0.25, 0.3) is 0 Å². The summed E-state index contributed by atoms with van der Waals surface area (Å²) in [4.78, 5) is 11.3. The van der Waals surface area contributed by atoms with Gasteiger partial charge >= 0.3 is 0 Å². The Labute approximate surface area is 136 Å². The van der Waals surface area contributed by atoms with Crippen LogP contribution in [0, 0.1) is 0 Å². The standard InChI is InChI=1S/C19H21NO3/c1-22-17-9-7-15(11-16-8-10-19(21)20-16)12-18(17)23-13-14-5-3-2-4-6-14/h2-7,9,12,16H,8,10-11,13H2,1H3,(H,20,21). The number of methoxy groups -OCH3 is 1. The lowest BCUT2D eigenvalue weighted by molar-refractivity contribution is -0.119. The van der Waals surface area contributed by atoms with Crippen LogP contribution in [-0.2, 0) is 17.8 Å². The molecule has 23 heavy (non-hydrogen) atoms. The zero-order valence-corrected chi connectivity index (χ0v) is 13.2. The van der Waals surface area contributed by atoms with Crippen LogP contribution in [0.4, 0.5) is 0 Å². The fourth-order valence-electron chi connectivity index (χ4n) is 2.81. The van der Waals surface area contributed by atoms with Crippen LogP contribution in [0.5, 0.6) is 11.5 Å². The Kier molecular flexibility index (Phi) is 4.81. The Morgan fingerprint density at radius 1 is 1.09 bits per heavy atom. The summed E-state index contributed by atoms with van der Waals surface area (Å²) in [5, 5.41) is 3.00. The second-order valence-electron chi connectivity index (χ2n) is 5.77. The first-order chi connectivity index (χ1) is 11.2. The Morgan fingerprint density at radius 2 is 1.91 bits per heavy atom. The Hall–Kier alpha value is -2.49. The number of benzene rings is 2. The van der Waals surface area contributed by atoms with Crippen molar-refractivity contribution in [2.75, 3.05) is 7.11 Å². The van der Waals surface area contributed by atoms with E-state index in [2.05, 4.69) is 5.32 Å². The zero-order chi connectivity index (χ0) is 16.1. The molecule has 2 aromatic carbocycles. The molecule has 3 rings (SSSR count). The van der Waals surface area contributed by atoms with Crippen molar-refractivity contribution in [1.82, 2.24) is 5.32 Å². The summed E-state index contributed by atoms with van der Waals surface area (Å²) < 4.78 is 11.3. The average Bonchev–Trinajstić information content (AvgIpc) is 2.99. The molecule has 0 radical (unpaired) electrons. The number of hydrogen-bond acceptors (Lipinski definition) is 3. The number of ether oxygens (including phenoxy) is 2. The SMILES string of the molecule is COc1ccc(CC2CCC(=O)N2)cc1OCc1ccccc1. The molecule has 1 atom stereocenters. The number of hydrogen-bond donors (Lipinski definition) is 1. The second-order valence-corrected chi connectivity index (χ2v) is 5.77. The highest BCUT2D eigenvalue weighted by molar-refractivity contribution is 5.78. The number of rotatable bonds is 6. The van der Waals surface area contributed by atoms with E-state index in [-0.39, 0.29) is 11.9 Å². The van der Waals surface area contributed by atoms with Gasteiger partial charge in [0.2, 0.25) is 5.91 Å². The lowest BCUT2D eigenvalue weighted by Crippen LogP contribution is -2.27. The van der Waals surface area contributed by atoms with Gasteiger partial charge in [-0.2, -0.15) is 0 Å². The molecular weight excluding hydrogens is 290 g/mol. The van der Waals surface area contributed by atoms with E-state index in [1.165, 1.54) is 0 Å². The number of carbonyl (C=O) groups is 1. The normalized spacial score (nSPS) is 16.9. The lowest BCUT2D eigenvalue weighted by atomic mass is 10.0. The van der Waals surface area contributed by atoms with Crippen molar-refractivity contribution in [3.8, 4) is 11.5 Å². The van der Waals surface area contributed by atoms with Crippen LogP contribution >= 0.6 is 0 Å². The van der Waals surface area contributed by atoms with Gasteiger partial charge in [-0.15, -0.1) is 0 Å². The monoisotopic (exact) mass is 311 g/mol. The van der Waals surface area contributed by atoms with Crippen LogP contribution in [0.1, 0.15) is 24.0 Å². The molecule has 2 aromatic rings. The largest absolute Gasteiger partial charge is 0.493 e. The van der Waals surface area contributed by atoms with Gasteiger partial charge in [0.05, 0.1) is 7.11 Å². The molecule has 4 nitrogen and oxygen atoms in total. The van der Waals surface area contributed by atoms with Crippen molar-refractivity contribution >= 4 is 5.91 Å². The number of carbonyl (C=O) groups excluding carboxylic acids is 1. The molecule has 1 saturated heterocycles. The van der Waals surface area contributed by atoms with Crippen molar-refractivity contribution in [3.63, 3.8) is 0 Å². The Morgan fingerprint density at radius 3 is 2.61 bits per heavy atom. The molecule has 1 fully saturated rings. The van der Waals surface area contributed by atoms with Crippen LogP contribution in [0.2, 0.25) is 0 Å². The summed E-state index contributed by atoms with van der Waals surface area (Å²) >= 11 is 0. The van der Waals surface area contributed by atoms with Gasteiger partial charge in [-0.25, -0.2) is 0 Å². The minimum Gasteiger partial charge on any atom is -0.493 e. The first kappa shape index (κ1) is 15.4. The van der Waals surface area contributed by atoms with Gasteiger partial charge in [-0.05, 0) is 36.1 Å². The predicted octanol–water partition coefficient (Wildman–Crippen LogP) is 3.10. The molecule has 1 unspecified atom stereocenters. The fourth-order valence-corrected chi connectivity index (χ4v) is 2.81. The van der Waals surface area contributed by atoms with Gasteiger partial charge in [0.1, 0.15) is 6.61 Å². The maximum atomic E-state index is 11.3. The van der Waals surface area contributed by atoms with E-state index in [4.69, 9.17) is 9.47 Å². The third-order valence-electron chi connectivity index (χ3n) is 4.03. The minimum atomic E-state index is 0.143. The molecule has 1 N–H and O–H groups in total. The molecule has 0 aliphatic carbocycles. The highest BCUT2D eigenvalue weighted by atomic mass is 16.5. The number of amides is 1. The first-order valence-corrected chi connectivity index (χ1v) is 7.87. The Bertz CT molecular complexity index is 670. The molecule has 0 bridgehead atoms. The van der Waals surface area contributed by atoms with Crippen molar-refractivity contribution in [1.29, 1.82) is 0 Å². The summed E-state index contributed by atoms with van der Waals surface area (Å²) in [5.41, 5.74) is 2.25. The third kappa shape index (κ3) is 4.03. The average molecular weight is 311 g/mol. The molecule has 4 heteroatoms. The van der Waals surface area contributed by atoms with Crippen LogP contribution in [0.3, 0.4) is 0 Å². The summed E-state index contributed by atoms with van der Waals surface area (Å²) in [6.07, 6.45) is 2.33. The van der Waals surface area contributed by atoms with Crippen molar-refractivity contribution in [2.45, 2.75) is 31.9 Å². The van der Waals surface area contributed by atoms with Gasteiger partial charge < -0.3 is 14.8 Å². The highest BCUT2D eigenvalue weighted by Gasteiger charge is 2.21. The van der Waals surface area contributed by atoms with E-state index < -0.39 is 0 Å². The molecule has 1 heterocycles. The van der Waals surface area contributed by atoms with E-state index >= 15 is 0 Å². The fraction of sp³-hybridized carbons (Fsp3) is 0.316. The van der Waals surface area contributed by atoms with E-state index in [9.17, 15) is 4.79 Å². The minimum absolute atomic E-state index is 0.143. The summed E-state index contributed by atoms with van der Waals surface area (Å²) in [6, 6.07) is 16.2. The van der Waals surface area contributed by atoms with Crippen molar-refractivity contribution in [3.05, 3.63) is 59.7 Å². The lowest BCUT2D eigenvalue weighted by Gasteiger charge is -2.14. The maximum Gasteiger partial charge on any atom is 0.220 e. The smallest absolute Gasteiger partial charge is 0.220 e. The molecule has 1 aliphatic rings.